The first-order valence-corrected chi connectivity index (χ1v) is 6.74. The topological polar surface area (TPSA) is 67.0 Å². The first-order valence-electron chi connectivity index (χ1n) is 6.74. The van der Waals surface area contributed by atoms with Crippen LogP contribution in [0.25, 0.3) is 0 Å². The van der Waals surface area contributed by atoms with Crippen LogP contribution in [0, 0.1) is 5.92 Å². The van der Waals surface area contributed by atoms with Crippen LogP contribution in [-0.2, 0) is 17.7 Å². The standard InChI is InChI=1S/C13H19N3O2/c1-2-18-11(8-3-4-8)12-15-10-5-6-14-7-9(10)13(17)16-12/h8,11,14H,2-7H2,1H3,(H,15,16,17). The normalized spacial score (nSPS) is 20.5. The lowest BCUT2D eigenvalue weighted by atomic mass is 10.1. The third-order valence-electron chi connectivity index (χ3n) is 3.63. The highest BCUT2D eigenvalue weighted by molar-refractivity contribution is 5.21. The summed E-state index contributed by atoms with van der Waals surface area (Å²) >= 11 is 0. The molecule has 0 spiro atoms. The van der Waals surface area contributed by atoms with Gasteiger partial charge >= 0.3 is 0 Å². The van der Waals surface area contributed by atoms with Crippen molar-refractivity contribution in [3.63, 3.8) is 0 Å². The van der Waals surface area contributed by atoms with Gasteiger partial charge in [0.25, 0.3) is 5.56 Å². The van der Waals surface area contributed by atoms with E-state index in [0.29, 0.717) is 19.1 Å². The van der Waals surface area contributed by atoms with Crippen molar-refractivity contribution in [2.45, 2.75) is 38.8 Å². The van der Waals surface area contributed by atoms with Crippen LogP contribution in [0.5, 0.6) is 0 Å². The van der Waals surface area contributed by atoms with Gasteiger partial charge in [-0.1, -0.05) is 0 Å². The van der Waals surface area contributed by atoms with E-state index in [9.17, 15) is 4.79 Å². The van der Waals surface area contributed by atoms with E-state index in [2.05, 4.69) is 15.3 Å². The van der Waals surface area contributed by atoms with Gasteiger partial charge in [-0.3, -0.25) is 4.79 Å². The molecule has 18 heavy (non-hydrogen) atoms. The molecular weight excluding hydrogens is 230 g/mol. The fourth-order valence-electron chi connectivity index (χ4n) is 2.52. The highest BCUT2D eigenvalue weighted by Crippen LogP contribution is 2.42. The number of hydrogen-bond donors (Lipinski definition) is 2. The molecule has 1 unspecified atom stereocenters. The lowest BCUT2D eigenvalue weighted by Crippen LogP contribution is -2.33. The molecule has 1 aromatic rings. The van der Waals surface area contributed by atoms with Crippen LogP contribution in [0.2, 0.25) is 0 Å². The summed E-state index contributed by atoms with van der Waals surface area (Å²) in [5.41, 5.74) is 1.72. The van der Waals surface area contributed by atoms with E-state index in [-0.39, 0.29) is 11.7 Å². The summed E-state index contributed by atoms with van der Waals surface area (Å²) in [4.78, 5) is 19.6. The molecular formula is C13H19N3O2. The van der Waals surface area contributed by atoms with E-state index < -0.39 is 0 Å². The maximum atomic E-state index is 12.0. The Morgan fingerprint density at radius 1 is 1.50 bits per heavy atom. The molecule has 0 saturated heterocycles. The smallest absolute Gasteiger partial charge is 0.255 e. The third kappa shape index (κ3) is 2.20. The predicted octanol–water partition coefficient (Wildman–Crippen LogP) is 0.903. The molecule has 0 aromatic carbocycles. The highest BCUT2D eigenvalue weighted by atomic mass is 16.5. The summed E-state index contributed by atoms with van der Waals surface area (Å²) < 4.78 is 5.75. The van der Waals surface area contributed by atoms with Crippen molar-refractivity contribution in [2.75, 3.05) is 13.2 Å². The molecule has 0 bridgehead atoms. The van der Waals surface area contributed by atoms with E-state index in [1.165, 1.54) is 12.8 Å². The summed E-state index contributed by atoms with van der Waals surface area (Å²) in [6.45, 7) is 4.16. The van der Waals surface area contributed by atoms with Gasteiger partial charge in [-0.05, 0) is 25.7 Å². The van der Waals surface area contributed by atoms with Gasteiger partial charge in [-0.2, -0.15) is 0 Å². The number of ether oxygens (including phenoxy) is 1. The number of nitrogens with one attached hydrogen (secondary N) is 2. The van der Waals surface area contributed by atoms with Gasteiger partial charge in [0.1, 0.15) is 11.9 Å². The summed E-state index contributed by atoms with van der Waals surface area (Å²) in [6.07, 6.45) is 3.15. The van der Waals surface area contributed by atoms with E-state index in [1.54, 1.807) is 0 Å². The van der Waals surface area contributed by atoms with Gasteiger partial charge in [0.15, 0.2) is 0 Å². The van der Waals surface area contributed by atoms with Gasteiger partial charge in [0.2, 0.25) is 0 Å². The Kier molecular flexibility index (Phi) is 3.18. The van der Waals surface area contributed by atoms with E-state index in [4.69, 9.17) is 4.74 Å². The number of H-pyrrole nitrogens is 1. The van der Waals surface area contributed by atoms with Crippen molar-refractivity contribution in [1.82, 2.24) is 15.3 Å². The van der Waals surface area contributed by atoms with Gasteiger partial charge in [0.05, 0.1) is 11.3 Å². The second-order valence-corrected chi connectivity index (χ2v) is 5.02. The molecule has 0 amide bonds. The van der Waals surface area contributed by atoms with E-state index in [0.717, 1.165) is 30.0 Å². The molecule has 5 nitrogen and oxygen atoms in total. The number of rotatable bonds is 4. The minimum Gasteiger partial charge on any atom is -0.370 e. The lowest BCUT2D eigenvalue weighted by molar-refractivity contribution is 0.0396. The molecule has 1 fully saturated rings. The Morgan fingerprint density at radius 3 is 3.06 bits per heavy atom. The number of hydrogen-bond acceptors (Lipinski definition) is 4. The Hall–Kier alpha value is -1.20. The maximum Gasteiger partial charge on any atom is 0.255 e. The number of fused-ring (bicyclic) bond motifs is 1. The molecule has 2 aliphatic rings. The third-order valence-corrected chi connectivity index (χ3v) is 3.63. The Balaban J connectivity index is 1.96. The van der Waals surface area contributed by atoms with Crippen LogP contribution in [0.15, 0.2) is 4.79 Å². The van der Waals surface area contributed by atoms with Crippen LogP contribution < -0.4 is 10.9 Å². The molecule has 2 heterocycles. The average molecular weight is 249 g/mol. The number of nitrogens with zero attached hydrogens (tertiary/aromatic N) is 1. The SMILES string of the molecule is CCOC(c1nc2c(c(=O)[nH]1)CNCC2)C1CC1. The molecule has 3 rings (SSSR count). The molecule has 0 radical (unpaired) electrons. The zero-order chi connectivity index (χ0) is 12.5. The molecule has 5 heteroatoms. The molecule has 1 saturated carbocycles. The van der Waals surface area contributed by atoms with E-state index in [1.807, 2.05) is 6.92 Å². The Labute approximate surface area is 106 Å². The van der Waals surface area contributed by atoms with Gasteiger partial charge < -0.3 is 15.0 Å². The summed E-state index contributed by atoms with van der Waals surface area (Å²) in [7, 11) is 0. The molecule has 2 N–H and O–H groups in total. The fourth-order valence-corrected chi connectivity index (χ4v) is 2.52. The summed E-state index contributed by atoms with van der Waals surface area (Å²) in [6, 6.07) is 0. The quantitative estimate of drug-likeness (QED) is 0.832. The first kappa shape index (κ1) is 11.9. The van der Waals surface area contributed by atoms with Gasteiger partial charge in [-0.15, -0.1) is 0 Å². The van der Waals surface area contributed by atoms with Crippen LogP contribution >= 0.6 is 0 Å². The predicted molar refractivity (Wildman–Crippen MR) is 67.4 cm³/mol. The molecule has 98 valence electrons. The largest absolute Gasteiger partial charge is 0.370 e. The summed E-state index contributed by atoms with van der Waals surface area (Å²) in [5.74, 6) is 1.26. The van der Waals surface area contributed by atoms with Crippen LogP contribution in [0.3, 0.4) is 0 Å². The van der Waals surface area contributed by atoms with Crippen molar-refractivity contribution in [3.05, 3.63) is 27.4 Å². The maximum absolute atomic E-state index is 12.0. The average Bonchev–Trinajstić information content (AvgIpc) is 3.20. The van der Waals surface area contributed by atoms with Crippen LogP contribution in [0.4, 0.5) is 0 Å². The van der Waals surface area contributed by atoms with Crippen LogP contribution in [-0.4, -0.2) is 23.1 Å². The fraction of sp³-hybridized carbons (Fsp3) is 0.692. The monoisotopic (exact) mass is 249 g/mol. The molecule has 1 aliphatic carbocycles. The zero-order valence-electron chi connectivity index (χ0n) is 10.7. The molecule has 1 aliphatic heterocycles. The second-order valence-electron chi connectivity index (χ2n) is 5.02. The number of aromatic nitrogens is 2. The van der Waals surface area contributed by atoms with Gasteiger partial charge in [0, 0.05) is 26.1 Å². The first-order chi connectivity index (χ1) is 8.79. The minimum absolute atomic E-state index is 0.00690. The van der Waals surface area contributed by atoms with Gasteiger partial charge in [-0.25, -0.2) is 4.98 Å². The summed E-state index contributed by atoms with van der Waals surface area (Å²) in [5, 5.41) is 3.20. The Bertz CT molecular complexity index is 493. The minimum atomic E-state index is -0.0251. The lowest BCUT2D eigenvalue weighted by Gasteiger charge is -2.20. The Morgan fingerprint density at radius 2 is 2.33 bits per heavy atom. The van der Waals surface area contributed by atoms with Crippen molar-refractivity contribution >= 4 is 0 Å². The van der Waals surface area contributed by atoms with Crippen molar-refractivity contribution in [3.8, 4) is 0 Å². The van der Waals surface area contributed by atoms with Crippen LogP contribution in [0.1, 0.15) is 43.0 Å². The van der Waals surface area contributed by atoms with Crippen molar-refractivity contribution < 1.29 is 4.74 Å². The van der Waals surface area contributed by atoms with E-state index >= 15 is 0 Å². The second kappa shape index (κ2) is 4.82. The zero-order valence-corrected chi connectivity index (χ0v) is 10.7. The molecule has 1 atom stereocenters. The van der Waals surface area contributed by atoms with Crippen molar-refractivity contribution in [1.29, 1.82) is 0 Å². The van der Waals surface area contributed by atoms with Crippen molar-refractivity contribution in [2.24, 2.45) is 5.92 Å². The number of aromatic amines is 1. The molecule has 1 aromatic heterocycles. The highest BCUT2D eigenvalue weighted by Gasteiger charge is 2.35.